The Labute approximate surface area is 108 Å². The summed E-state index contributed by atoms with van der Waals surface area (Å²) in [7, 11) is 0. The lowest BCUT2D eigenvalue weighted by Crippen LogP contribution is -1.89. The third-order valence-electron chi connectivity index (χ3n) is 2.04. The molecular weight excluding hydrogens is 266 g/mol. The molecule has 0 saturated heterocycles. The number of aryl methyl sites for hydroxylation is 1. The molecule has 0 radical (unpaired) electrons. The molecule has 0 fully saturated rings. The summed E-state index contributed by atoms with van der Waals surface area (Å²) in [5.74, 6) is 0. The molecule has 0 aliphatic rings. The number of aromatic nitrogens is 2. The Kier molecular flexibility index (Phi) is 3.33. The van der Waals surface area contributed by atoms with Crippen molar-refractivity contribution in [2.24, 2.45) is 0 Å². The van der Waals surface area contributed by atoms with Crippen LogP contribution in [-0.2, 0) is 0 Å². The fourth-order valence-electron chi connectivity index (χ4n) is 1.33. The maximum absolute atomic E-state index is 6.05. The predicted octanol–water partition coefficient (Wildman–Crippen LogP) is 4.41. The Morgan fingerprint density at radius 2 is 1.75 bits per heavy atom. The van der Waals surface area contributed by atoms with Gasteiger partial charge in [0.15, 0.2) is 0 Å². The highest BCUT2D eigenvalue weighted by atomic mass is 35.5. The van der Waals surface area contributed by atoms with E-state index in [9.17, 15) is 0 Å². The Balaban J connectivity index is 2.60. The quantitative estimate of drug-likeness (QED) is 0.719. The van der Waals surface area contributed by atoms with Crippen LogP contribution in [0.2, 0.25) is 15.2 Å². The molecule has 82 valence electrons. The summed E-state index contributed by atoms with van der Waals surface area (Å²) in [5.41, 5.74) is 2.44. The van der Waals surface area contributed by atoms with Gasteiger partial charge in [-0.25, -0.2) is 4.98 Å². The highest BCUT2D eigenvalue weighted by Gasteiger charge is 2.10. The smallest absolute Gasteiger partial charge is 0.148 e. The monoisotopic (exact) mass is 272 g/mol. The molecule has 5 heteroatoms. The van der Waals surface area contributed by atoms with Gasteiger partial charge in [-0.3, -0.25) is 4.98 Å². The third-order valence-corrected chi connectivity index (χ3v) is 3.00. The standard InChI is InChI=1S/C11H7Cl3N2/c1-6-2-7(5-15-4-6)10-8(12)3-9(13)11(14)16-10/h2-5H,1H3. The van der Waals surface area contributed by atoms with Crippen LogP contribution < -0.4 is 0 Å². The SMILES string of the molecule is Cc1cncc(-c2nc(Cl)c(Cl)cc2Cl)c1. The van der Waals surface area contributed by atoms with Crippen LogP contribution in [0, 0.1) is 6.92 Å². The van der Waals surface area contributed by atoms with Gasteiger partial charge in [-0.1, -0.05) is 34.8 Å². The Morgan fingerprint density at radius 3 is 2.44 bits per heavy atom. The third kappa shape index (κ3) is 2.29. The number of hydrogen-bond donors (Lipinski definition) is 0. The van der Waals surface area contributed by atoms with E-state index in [4.69, 9.17) is 34.8 Å². The lowest BCUT2D eigenvalue weighted by Gasteiger charge is -2.05. The van der Waals surface area contributed by atoms with Crippen LogP contribution >= 0.6 is 34.8 Å². The highest BCUT2D eigenvalue weighted by Crippen LogP contribution is 2.31. The fraction of sp³-hybridized carbons (Fsp3) is 0.0909. The van der Waals surface area contributed by atoms with E-state index in [0.29, 0.717) is 15.7 Å². The first kappa shape index (κ1) is 11.6. The molecule has 0 aliphatic heterocycles. The van der Waals surface area contributed by atoms with Crippen LogP contribution in [0.3, 0.4) is 0 Å². The van der Waals surface area contributed by atoms with Gasteiger partial charge in [0.2, 0.25) is 0 Å². The molecule has 16 heavy (non-hydrogen) atoms. The lowest BCUT2D eigenvalue weighted by molar-refractivity contribution is 1.24. The maximum Gasteiger partial charge on any atom is 0.148 e. The van der Waals surface area contributed by atoms with Crippen molar-refractivity contribution in [1.82, 2.24) is 9.97 Å². The minimum atomic E-state index is 0.238. The normalized spacial score (nSPS) is 10.5. The highest BCUT2D eigenvalue weighted by molar-refractivity contribution is 6.42. The zero-order valence-electron chi connectivity index (χ0n) is 8.34. The molecule has 0 amide bonds. The van der Waals surface area contributed by atoms with Crippen molar-refractivity contribution in [2.75, 3.05) is 0 Å². The Bertz CT molecular complexity index is 541. The molecule has 0 saturated carbocycles. The van der Waals surface area contributed by atoms with E-state index in [1.165, 1.54) is 0 Å². The number of nitrogens with zero attached hydrogens (tertiary/aromatic N) is 2. The van der Waals surface area contributed by atoms with Crippen LogP contribution in [0.25, 0.3) is 11.3 Å². The van der Waals surface area contributed by atoms with Gasteiger partial charge in [-0.05, 0) is 24.6 Å². The van der Waals surface area contributed by atoms with Crippen LogP contribution in [0.5, 0.6) is 0 Å². The molecule has 0 aromatic carbocycles. The molecule has 2 aromatic rings. The summed E-state index contributed by atoms with van der Waals surface area (Å²) in [6.07, 6.45) is 3.44. The maximum atomic E-state index is 6.05. The first-order valence-corrected chi connectivity index (χ1v) is 5.65. The van der Waals surface area contributed by atoms with Crippen LogP contribution in [0.1, 0.15) is 5.56 Å². The lowest BCUT2D eigenvalue weighted by atomic mass is 10.1. The van der Waals surface area contributed by atoms with E-state index in [1.807, 2.05) is 13.0 Å². The van der Waals surface area contributed by atoms with Gasteiger partial charge in [-0.2, -0.15) is 0 Å². The second kappa shape index (κ2) is 4.58. The molecule has 0 N–H and O–H groups in total. The molecular formula is C11H7Cl3N2. The molecule has 0 spiro atoms. The summed E-state index contributed by atoms with van der Waals surface area (Å²) >= 11 is 17.7. The van der Waals surface area contributed by atoms with Gasteiger partial charge >= 0.3 is 0 Å². The molecule has 0 aliphatic carbocycles. The Morgan fingerprint density at radius 1 is 1.00 bits per heavy atom. The predicted molar refractivity (Wildman–Crippen MR) is 67.2 cm³/mol. The van der Waals surface area contributed by atoms with E-state index < -0.39 is 0 Å². The molecule has 2 heterocycles. The summed E-state index contributed by atoms with van der Waals surface area (Å²) in [6.45, 7) is 1.95. The molecule has 2 rings (SSSR count). The summed E-state index contributed by atoms with van der Waals surface area (Å²) < 4.78 is 0. The average molecular weight is 274 g/mol. The van der Waals surface area contributed by atoms with Gasteiger partial charge in [0.05, 0.1) is 15.7 Å². The first-order chi connectivity index (χ1) is 7.58. The molecule has 2 aromatic heterocycles. The summed E-state index contributed by atoms with van der Waals surface area (Å²) in [4.78, 5) is 8.22. The second-order valence-corrected chi connectivity index (χ2v) is 4.51. The van der Waals surface area contributed by atoms with Crippen molar-refractivity contribution in [1.29, 1.82) is 0 Å². The fourth-order valence-corrected chi connectivity index (χ4v) is 1.94. The molecule has 0 atom stereocenters. The molecule has 0 unspecified atom stereocenters. The first-order valence-electron chi connectivity index (χ1n) is 4.51. The topological polar surface area (TPSA) is 25.8 Å². The van der Waals surface area contributed by atoms with E-state index in [2.05, 4.69) is 9.97 Å². The van der Waals surface area contributed by atoms with E-state index >= 15 is 0 Å². The van der Waals surface area contributed by atoms with Crippen molar-refractivity contribution in [3.05, 3.63) is 45.3 Å². The van der Waals surface area contributed by atoms with Gasteiger partial charge in [0, 0.05) is 18.0 Å². The van der Waals surface area contributed by atoms with E-state index in [0.717, 1.165) is 11.1 Å². The van der Waals surface area contributed by atoms with E-state index in [1.54, 1.807) is 18.5 Å². The van der Waals surface area contributed by atoms with Crippen molar-refractivity contribution in [3.8, 4) is 11.3 Å². The molecule has 2 nitrogen and oxygen atoms in total. The van der Waals surface area contributed by atoms with Gasteiger partial charge in [0.25, 0.3) is 0 Å². The van der Waals surface area contributed by atoms with Crippen molar-refractivity contribution in [3.63, 3.8) is 0 Å². The summed E-state index contributed by atoms with van der Waals surface area (Å²) in [6, 6.07) is 3.52. The minimum absolute atomic E-state index is 0.238. The number of rotatable bonds is 1. The van der Waals surface area contributed by atoms with E-state index in [-0.39, 0.29) is 5.15 Å². The van der Waals surface area contributed by atoms with Crippen LogP contribution in [-0.4, -0.2) is 9.97 Å². The van der Waals surface area contributed by atoms with Crippen molar-refractivity contribution in [2.45, 2.75) is 6.92 Å². The number of pyridine rings is 2. The molecule has 0 bridgehead atoms. The van der Waals surface area contributed by atoms with Crippen LogP contribution in [0.4, 0.5) is 0 Å². The number of hydrogen-bond acceptors (Lipinski definition) is 2. The Hall–Kier alpha value is -0.830. The van der Waals surface area contributed by atoms with Crippen LogP contribution in [0.15, 0.2) is 24.5 Å². The van der Waals surface area contributed by atoms with Gasteiger partial charge in [-0.15, -0.1) is 0 Å². The van der Waals surface area contributed by atoms with Gasteiger partial charge < -0.3 is 0 Å². The zero-order valence-corrected chi connectivity index (χ0v) is 10.6. The average Bonchev–Trinajstić information content (AvgIpc) is 2.23. The zero-order chi connectivity index (χ0) is 11.7. The van der Waals surface area contributed by atoms with Crippen molar-refractivity contribution < 1.29 is 0 Å². The largest absolute Gasteiger partial charge is 0.264 e. The number of halogens is 3. The van der Waals surface area contributed by atoms with Crippen molar-refractivity contribution >= 4 is 34.8 Å². The second-order valence-electron chi connectivity index (χ2n) is 3.34. The van der Waals surface area contributed by atoms with Gasteiger partial charge in [0.1, 0.15) is 5.15 Å². The minimum Gasteiger partial charge on any atom is -0.264 e. The summed E-state index contributed by atoms with van der Waals surface area (Å²) in [5, 5.41) is 1.04.